The van der Waals surface area contributed by atoms with Crippen molar-refractivity contribution in [1.82, 2.24) is 9.80 Å². The van der Waals surface area contributed by atoms with Crippen molar-refractivity contribution in [3.8, 4) is 0 Å². The molecule has 3 aliphatic rings. The van der Waals surface area contributed by atoms with Crippen LogP contribution in [0, 0.1) is 5.92 Å². The number of nitrogens with zero attached hydrogens (tertiary/aromatic N) is 2. The first kappa shape index (κ1) is 17.0. The molecule has 3 rings (SSSR count). The number of rotatable bonds is 2. The van der Waals surface area contributed by atoms with E-state index in [1.165, 1.54) is 4.90 Å². The van der Waals surface area contributed by atoms with Crippen LogP contribution in [-0.2, 0) is 9.53 Å². The van der Waals surface area contributed by atoms with Gasteiger partial charge in [0.25, 0.3) is 0 Å². The van der Waals surface area contributed by atoms with Crippen molar-refractivity contribution in [2.75, 3.05) is 32.8 Å². The zero-order valence-electron chi connectivity index (χ0n) is 13.4. The molecule has 3 saturated heterocycles. The van der Waals surface area contributed by atoms with Crippen LogP contribution in [0.25, 0.3) is 0 Å². The number of alkyl halides is 3. The highest BCUT2D eigenvalue weighted by molar-refractivity contribution is 5.82. The van der Waals surface area contributed by atoms with Crippen molar-refractivity contribution < 1.29 is 22.7 Å². The van der Waals surface area contributed by atoms with E-state index >= 15 is 0 Å². The van der Waals surface area contributed by atoms with E-state index in [4.69, 9.17) is 4.74 Å². The first-order valence-electron chi connectivity index (χ1n) is 8.66. The third-order valence-corrected chi connectivity index (χ3v) is 5.44. The normalized spacial score (nSPS) is 31.5. The van der Waals surface area contributed by atoms with Gasteiger partial charge in [-0.2, -0.15) is 13.2 Å². The Kier molecular flexibility index (Phi) is 5.16. The Bertz CT molecular complexity index is 424. The molecule has 0 radical (unpaired) electrons. The summed E-state index contributed by atoms with van der Waals surface area (Å²) >= 11 is 0. The highest BCUT2D eigenvalue weighted by atomic mass is 19.4. The summed E-state index contributed by atoms with van der Waals surface area (Å²) in [5.74, 6) is -1.46. The minimum atomic E-state index is -4.20. The summed E-state index contributed by atoms with van der Waals surface area (Å²) in [6.45, 7) is 2.59. The third kappa shape index (κ3) is 3.82. The molecule has 132 valence electrons. The van der Waals surface area contributed by atoms with Gasteiger partial charge in [-0.1, -0.05) is 0 Å². The van der Waals surface area contributed by atoms with Gasteiger partial charge in [0.2, 0.25) is 5.91 Å². The van der Waals surface area contributed by atoms with Gasteiger partial charge in [-0.15, -0.1) is 0 Å². The number of likely N-dealkylation sites (tertiary alicyclic amines) is 2. The Morgan fingerprint density at radius 3 is 2.39 bits per heavy atom. The zero-order chi connectivity index (χ0) is 16.4. The Hall–Kier alpha value is -0.820. The summed E-state index contributed by atoms with van der Waals surface area (Å²) in [5.41, 5.74) is 0. The molecule has 0 unspecified atom stereocenters. The minimum Gasteiger partial charge on any atom is -0.381 e. The third-order valence-electron chi connectivity index (χ3n) is 5.44. The summed E-state index contributed by atoms with van der Waals surface area (Å²) in [4.78, 5) is 16.5. The summed E-state index contributed by atoms with van der Waals surface area (Å²) in [5, 5.41) is 0. The molecule has 0 saturated carbocycles. The molecular formula is C16H25F3N2O2. The van der Waals surface area contributed by atoms with E-state index in [0.717, 1.165) is 32.2 Å². The highest BCUT2D eigenvalue weighted by Crippen LogP contribution is 2.34. The van der Waals surface area contributed by atoms with E-state index in [0.29, 0.717) is 32.2 Å². The number of hydrogen-bond donors (Lipinski definition) is 0. The summed E-state index contributed by atoms with van der Waals surface area (Å²) < 4.78 is 44.3. The monoisotopic (exact) mass is 334 g/mol. The fourth-order valence-electron chi connectivity index (χ4n) is 4.16. The summed E-state index contributed by atoms with van der Waals surface area (Å²) in [6, 6.07) is 0.105. The van der Waals surface area contributed by atoms with E-state index in [1.807, 2.05) is 0 Å². The molecular weight excluding hydrogens is 309 g/mol. The second-order valence-corrected chi connectivity index (χ2v) is 6.90. The van der Waals surface area contributed by atoms with E-state index in [2.05, 4.69) is 4.90 Å². The standard InChI is InChI=1S/C16H25F3N2O2/c17-16(18,19)12-3-1-7-20(11-12)15(22)14-4-2-8-21(14)13-5-9-23-10-6-13/h12-14H,1-11H2/t12-,14+/m0/s1. The molecule has 0 N–H and O–H groups in total. The molecule has 0 aromatic carbocycles. The SMILES string of the molecule is O=C([C@H]1CCCN1C1CCOCC1)N1CCC[C@H](C(F)(F)F)C1. The van der Waals surface area contributed by atoms with Crippen LogP contribution < -0.4 is 0 Å². The first-order chi connectivity index (χ1) is 11.0. The van der Waals surface area contributed by atoms with Crippen LogP contribution in [0.15, 0.2) is 0 Å². The highest BCUT2D eigenvalue weighted by Gasteiger charge is 2.45. The molecule has 7 heteroatoms. The number of hydrogen-bond acceptors (Lipinski definition) is 3. The van der Waals surface area contributed by atoms with Crippen molar-refractivity contribution in [3.05, 3.63) is 0 Å². The topological polar surface area (TPSA) is 32.8 Å². The van der Waals surface area contributed by atoms with Crippen molar-refractivity contribution in [2.45, 2.75) is 56.8 Å². The molecule has 1 amide bonds. The van der Waals surface area contributed by atoms with E-state index in [9.17, 15) is 18.0 Å². The fraction of sp³-hybridized carbons (Fsp3) is 0.938. The van der Waals surface area contributed by atoms with Crippen molar-refractivity contribution >= 4 is 5.91 Å². The molecule has 0 aromatic rings. The maximum Gasteiger partial charge on any atom is 0.393 e. The predicted octanol–water partition coefficient (Wildman–Crippen LogP) is 2.43. The fourth-order valence-corrected chi connectivity index (χ4v) is 4.16. The Labute approximate surface area is 134 Å². The number of carbonyl (C=O) groups is 1. The number of ether oxygens (including phenoxy) is 1. The van der Waals surface area contributed by atoms with Crippen LogP contribution in [0.2, 0.25) is 0 Å². The first-order valence-corrected chi connectivity index (χ1v) is 8.66. The summed E-state index contributed by atoms with van der Waals surface area (Å²) in [6.07, 6.45) is -0.0753. The molecule has 3 aliphatic heterocycles. The van der Waals surface area contributed by atoms with Gasteiger partial charge < -0.3 is 9.64 Å². The maximum atomic E-state index is 13.0. The molecule has 3 heterocycles. The van der Waals surface area contributed by atoms with Gasteiger partial charge in [-0.3, -0.25) is 9.69 Å². The zero-order valence-corrected chi connectivity index (χ0v) is 13.4. The predicted molar refractivity (Wildman–Crippen MR) is 78.9 cm³/mol. The van der Waals surface area contributed by atoms with Gasteiger partial charge in [0.05, 0.1) is 12.0 Å². The molecule has 23 heavy (non-hydrogen) atoms. The van der Waals surface area contributed by atoms with Crippen LogP contribution in [0.5, 0.6) is 0 Å². The molecule has 3 fully saturated rings. The lowest BCUT2D eigenvalue weighted by Crippen LogP contribution is -2.53. The quantitative estimate of drug-likeness (QED) is 0.778. The maximum absolute atomic E-state index is 13.0. The van der Waals surface area contributed by atoms with Gasteiger partial charge in [-0.05, 0) is 45.1 Å². The smallest absolute Gasteiger partial charge is 0.381 e. The second kappa shape index (κ2) is 6.97. The van der Waals surface area contributed by atoms with Crippen LogP contribution in [0.3, 0.4) is 0 Å². The minimum absolute atomic E-state index is 0.0945. The van der Waals surface area contributed by atoms with Gasteiger partial charge in [0, 0.05) is 32.3 Å². The number of carbonyl (C=O) groups excluding carboxylic acids is 1. The Morgan fingerprint density at radius 1 is 1.00 bits per heavy atom. The largest absolute Gasteiger partial charge is 0.393 e. The molecule has 0 spiro atoms. The molecule has 0 aromatic heterocycles. The van der Waals surface area contributed by atoms with Crippen LogP contribution in [0.1, 0.15) is 38.5 Å². The van der Waals surface area contributed by atoms with Crippen LogP contribution in [-0.4, -0.2) is 66.8 Å². The lowest BCUT2D eigenvalue weighted by Gasteiger charge is -2.39. The Balaban J connectivity index is 1.64. The van der Waals surface area contributed by atoms with E-state index in [1.54, 1.807) is 0 Å². The van der Waals surface area contributed by atoms with Crippen molar-refractivity contribution in [3.63, 3.8) is 0 Å². The number of halogens is 3. The molecule has 0 bridgehead atoms. The van der Waals surface area contributed by atoms with E-state index < -0.39 is 12.1 Å². The molecule has 4 nitrogen and oxygen atoms in total. The van der Waals surface area contributed by atoms with Crippen molar-refractivity contribution in [1.29, 1.82) is 0 Å². The molecule has 0 aliphatic carbocycles. The molecule has 2 atom stereocenters. The number of amides is 1. The summed E-state index contributed by atoms with van der Waals surface area (Å²) in [7, 11) is 0. The van der Waals surface area contributed by atoms with Gasteiger partial charge in [-0.25, -0.2) is 0 Å². The second-order valence-electron chi connectivity index (χ2n) is 6.90. The van der Waals surface area contributed by atoms with Gasteiger partial charge in [0.15, 0.2) is 0 Å². The average Bonchev–Trinajstić information content (AvgIpc) is 3.04. The van der Waals surface area contributed by atoms with Gasteiger partial charge >= 0.3 is 6.18 Å². The average molecular weight is 334 g/mol. The van der Waals surface area contributed by atoms with E-state index in [-0.39, 0.29) is 24.9 Å². The number of piperidine rings is 1. The van der Waals surface area contributed by atoms with Crippen LogP contribution in [0.4, 0.5) is 13.2 Å². The lowest BCUT2D eigenvalue weighted by atomic mass is 9.96. The van der Waals surface area contributed by atoms with Gasteiger partial charge in [0.1, 0.15) is 0 Å². The van der Waals surface area contributed by atoms with Crippen LogP contribution >= 0.6 is 0 Å². The lowest BCUT2D eigenvalue weighted by molar-refractivity contribution is -0.188. The Morgan fingerprint density at radius 2 is 1.70 bits per heavy atom. The van der Waals surface area contributed by atoms with Crippen molar-refractivity contribution in [2.24, 2.45) is 5.92 Å².